The van der Waals surface area contributed by atoms with Crippen molar-refractivity contribution in [2.75, 3.05) is 5.32 Å². The minimum Gasteiger partial charge on any atom is -0.481 e. The van der Waals surface area contributed by atoms with E-state index in [0.717, 1.165) is 16.7 Å². The third kappa shape index (κ3) is 5.44. The molecule has 1 aromatic heterocycles. The van der Waals surface area contributed by atoms with Gasteiger partial charge in [0.25, 0.3) is 5.91 Å². The second-order valence-electron chi connectivity index (χ2n) is 7.98. The Labute approximate surface area is 188 Å². The Bertz CT molecular complexity index is 1170. The van der Waals surface area contributed by atoms with Gasteiger partial charge in [0.1, 0.15) is 23.1 Å². The molecule has 6 nitrogen and oxygen atoms in total. The molecule has 0 bridgehead atoms. The normalized spacial score (nSPS) is 11.5. The van der Waals surface area contributed by atoms with Crippen LogP contribution in [0.15, 0.2) is 54.7 Å². The summed E-state index contributed by atoms with van der Waals surface area (Å²) >= 11 is 0. The zero-order valence-electron chi connectivity index (χ0n) is 19.0. The maximum atomic E-state index is 12.7. The van der Waals surface area contributed by atoms with Gasteiger partial charge in [0.05, 0.1) is 0 Å². The van der Waals surface area contributed by atoms with Crippen LogP contribution in [0, 0.1) is 25.2 Å². The van der Waals surface area contributed by atoms with Crippen molar-refractivity contribution in [1.29, 1.82) is 5.26 Å². The van der Waals surface area contributed by atoms with Crippen LogP contribution in [0.4, 0.5) is 5.69 Å². The van der Waals surface area contributed by atoms with Crippen molar-refractivity contribution < 1.29 is 14.3 Å². The number of carbonyl (C=O) groups excluding carboxylic acids is 1. The molecule has 164 valence electrons. The van der Waals surface area contributed by atoms with Crippen molar-refractivity contribution in [2.24, 2.45) is 0 Å². The number of nitrogens with one attached hydrogen (secondary N) is 1. The highest BCUT2D eigenvalue weighted by molar-refractivity contribution is 5.94. The number of anilines is 1. The number of aromatic nitrogens is 1. The smallest absolute Gasteiger partial charge is 0.265 e. The van der Waals surface area contributed by atoms with E-state index < -0.39 is 6.10 Å². The lowest BCUT2D eigenvalue weighted by atomic mass is 10.0. The zero-order chi connectivity index (χ0) is 23.3. The Kier molecular flexibility index (Phi) is 7.11. The maximum Gasteiger partial charge on any atom is 0.265 e. The number of ether oxygens (including phenoxy) is 2. The van der Waals surface area contributed by atoms with Gasteiger partial charge in [-0.25, -0.2) is 4.98 Å². The molecule has 2 aromatic carbocycles. The second kappa shape index (κ2) is 9.97. The van der Waals surface area contributed by atoms with E-state index in [9.17, 15) is 10.1 Å². The van der Waals surface area contributed by atoms with Gasteiger partial charge >= 0.3 is 0 Å². The molecule has 0 aliphatic carbocycles. The van der Waals surface area contributed by atoms with Crippen LogP contribution in [0.1, 0.15) is 48.9 Å². The second-order valence-corrected chi connectivity index (χ2v) is 7.98. The standard InChI is InChI=1S/C26H27N3O3/c1-16(2)20-9-8-17(3)24(14-20)31-19(5)25(30)29-23-11-10-22(13-18(23)4)32-26-21(15-27)7-6-12-28-26/h6-14,16,19H,1-5H3,(H,29,30). The van der Waals surface area contributed by atoms with E-state index in [4.69, 9.17) is 9.47 Å². The number of amides is 1. The summed E-state index contributed by atoms with van der Waals surface area (Å²) in [5, 5.41) is 12.1. The molecule has 0 aliphatic rings. The summed E-state index contributed by atoms with van der Waals surface area (Å²) in [5.41, 5.74) is 3.97. The van der Waals surface area contributed by atoms with E-state index in [1.54, 1.807) is 43.5 Å². The SMILES string of the molecule is Cc1cc(Oc2ncccc2C#N)ccc1NC(=O)C(C)Oc1cc(C(C)C)ccc1C. The molecule has 1 atom stereocenters. The molecule has 1 N–H and O–H groups in total. The topological polar surface area (TPSA) is 84.2 Å². The number of carbonyl (C=O) groups is 1. The summed E-state index contributed by atoms with van der Waals surface area (Å²) < 4.78 is 11.7. The summed E-state index contributed by atoms with van der Waals surface area (Å²) in [4.78, 5) is 16.8. The van der Waals surface area contributed by atoms with Crippen LogP contribution < -0.4 is 14.8 Å². The highest BCUT2D eigenvalue weighted by Gasteiger charge is 2.18. The molecule has 3 aromatic rings. The van der Waals surface area contributed by atoms with Gasteiger partial charge in [-0.2, -0.15) is 5.26 Å². The quantitative estimate of drug-likeness (QED) is 0.506. The largest absolute Gasteiger partial charge is 0.481 e. The first kappa shape index (κ1) is 22.8. The Hall–Kier alpha value is -3.85. The van der Waals surface area contributed by atoms with Crippen molar-refractivity contribution in [3.63, 3.8) is 0 Å². The van der Waals surface area contributed by atoms with Crippen LogP contribution >= 0.6 is 0 Å². The Morgan fingerprint density at radius 3 is 2.53 bits per heavy atom. The van der Waals surface area contributed by atoms with Crippen molar-refractivity contribution in [2.45, 2.75) is 46.6 Å². The molecule has 6 heteroatoms. The van der Waals surface area contributed by atoms with E-state index in [1.807, 2.05) is 26.0 Å². The van der Waals surface area contributed by atoms with Gasteiger partial charge in [0.2, 0.25) is 5.88 Å². The highest BCUT2D eigenvalue weighted by Crippen LogP contribution is 2.28. The van der Waals surface area contributed by atoms with E-state index in [0.29, 0.717) is 28.7 Å². The Balaban J connectivity index is 1.69. The monoisotopic (exact) mass is 429 g/mol. The molecule has 1 amide bonds. The molecule has 0 saturated heterocycles. The summed E-state index contributed by atoms with van der Waals surface area (Å²) in [6.45, 7) is 9.81. The molecule has 0 fully saturated rings. The molecule has 0 aliphatic heterocycles. The predicted molar refractivity (Wildman–Crippen MR) is 124 cm³/mol. The molecule has 1 heterocycles. The number of aryl methyl sites for hydroxylation is 2. The zero-order valence-corrected chi connectivity index (χ0v) is 19.0. The summed E-state index contributed by atoms with van der Waals surface area (Å²) in [6.07, 6.45) is 0.899. The number of nitriles is 1. The van der Waals surface area contributed by atoms with E-state index >= 15 is 0 Å². The van der Waals surface area contributed by atoms with Crippen molar-refractivity contribution in [3.05, 3.63) is 77.0 Å². The molecule has 3 rings (SSSR count). The Morgan fingerprint density at radius 1 is 1.06 bits per heavy atom. The molecule has 1 unspecified atom stereocenters. The molecular formula is C26H27N3O3. The van der Waals surface area contributed by atoms with Crippen LogP contribution in [0.5, 0.6) is 17.4 Å². The first-order chi connectivity index (χ1) is 15.3. The van der Waals surface area contributed by atoms with E-state index in [1.165, 1.54) is 0 Å². The van der Waals surface area contributed by atoms with Gasteiger partial charge in [-0.3, -0.25) is 4.79 Å². The fourth-order valence-corrected chi connectivity index (χ4v) is 3.09. The number of benzene rings is 2. The maximum absolute atomic E-state index is 12.7. The van der Waals surface area contributed by atoms with Gasteiger partial charge in [-0.1, -0.05) is 26.0 Å². The lowest BCUT2D eigenvalue weighted by molar-refractivity contribution is -0.122. The number of hydrogen-bond donors (Lipinski definition) is 1. The van der Waals surface area contributed by atoms with Gasteiger partial charge in [0.15, 0.2) is 6.10 Å². The highest BCUT2D eigenvalue weighted by atomic mass is 16.5. The molecule has 0 radical (unpaired) electrons. The number of rotatable bonds is 7. The molecule has 32 heavy (non-hydrogen) atoms. The van der Waals surface area contributed by atoms with Crippen molar-refractivity contribution in [3.8, 4) is 23.4 Å². The number of hydrogen-bond acceptors (Lipinski definition) is 5. The predicted octanol–water partition coefficient (Wildman–Crippen LogP) is 5.89. The minimum atomic E-state index is -0.668. The van der Waals surface area contributed by atoms with Crippen molar-refractivity contribution in [1.82, 2.24) is 4.98 Å². The van der Waals surface area contributed by atoms with E-state index in [2.05, 4.69) is 36.3 Å². The summed E-state index contributed by atoms with van der Waals surface area (Å²) in [5.74, 6) is 1.62. The fraction of sp³-hybridized carbons (Fsp3) is 0.269. The first-order valence-electron chi connectivity index (χ1n) is 10.5. The molecule has 0 spiro atoms. The summed E-state index contributed by atoms with van der Waals surface area (Å²) in [7, 11) is 0. The Morgan fingerprint density at radius 2 is 1.84 bits per heavy atom. The van der Waals surface area contributed by atoms with E-state index in [-0.39, 0.29) is 11.8 Å². The van der Waals surface area contributed by atoms with Crippen molar-refractivity contribution >= 4 is 11.6 Å². The lowest BCUT2D eigenvalue weighted by Crippen LogP contribution is -2.30. The number of nitrogens with zero attached hydrogens (tertiary/aromatic N) is 2. The van der Waals surface area contributed by atoms with Gasteiger partial charge < -0.3 is 14.8 Å². The van der Waals surface area contributed by atoms with Crippen LogP contribution in [-0.2, 0) is 4.79 Å². The first-order valence-corrected chi connectivity index (χ1v) is 10.5. The average Bonchev–Trinajstić information content (AvgIpc) is 2.77. The molecule has 0 saturated carbocycles. The van der Waals surface area contributed by atoms with Gasteiger partial charge in [-0.15, -0.1) is 0 Å². The average molecular weight is 430 g/mol. The van der Waals surface area contributed by atoms with Crippen LogP contribution in [-0.4, -0.2) is 17.0 Å². The third-order valence-electron chi connectivity index (χ3n) is 5.11. The third-order valence-corrected chi connectivity index (χ3v) is 5.11. The van der Waals surface area contributed by atoms with Gasteiger partial charge in [-0.05, 0) is 79.8 Å². The lowest BCUT2D eigenvalue weighted by Gasteiger charge is -2.18. The van der Waals surface area contributed by atoms with Crippen LogP contribution in [0.3, 0.4) is 0 Å². The van der Waals surface area contributed by atoms with Gasteiger partial charge in [0, 0.05) is 11.9 Å². The number of pyridine rings is 1. The van der Waals surface area contributed by atoms with Crippen LogP contribution in [0.25, 0.3) is 0 Å². The molecular weight excluding hydrogens is 402 g/mol. The van der Waals surface area contributed by atoms with Crippen LogP contribution in [0.2, 0.25) is 0 Å². The minimum absolute atomic E-state index is 0.243. The fourth-order valence-electron chi connectivity index (χ4n) is 3.09. The summed E-state index contributed by atoms with van der Waals surface area (Å²) in [6, 6.07) is 16.7.